The molecule has 3 unspecified atom stereocenters. The maximum Gasteiger partial charge on any atom is 0.410 e. The number of aromatic nitrogens is 2. The number of likely N-dealkylation sites (tertiary alicyclic amines) is 1. The van der Waals surface area contributed by atoms with Gasteiger partial charge in [-0.2, -0.15) is 5.26 Å². The summed E-state index contributed by atoms with van der Waals surface area (Å²) in [5.41, 5.74) is 1.53. The Kier molecular flexibility index (Phi) is 5.51. The van der Waals surface area contributed by atoms with Crippen LogP contribution in [0.2, 0.25) is 5.02 Å². The SMILES string of the molecule is Cc1c(Nc2ccc(C#N)cc2Cl)ncnc1OC1C2COC1CN(C(=O)OC1(C)CC1)C2. The maximum atomic E-state index is 12.5. The van der Waals surface area contributed by atoms with Crippen LogP contribution in [0.15, 0.2) is 24.5 Å². The summed E-state index contributed by atoms with van der Waals surface area (Å²) in [6, 6.07) is 7.06. The van der Waals surface area contributed by atoms with Crippen LogP contribution in [-0.2, 0) is 9.47 Å². The van der Waals surface area contributed by atoms with E-state index in [1.807, 2.05) is 13.8 Å². The van der Waals surface area contributed by atoms with Gasteiger partial charge >= 0.3 is 6.09 Å². The largest absolute Gasteiger partial charge is 0.471 e. The van der Waals surface area contributed by atoms with E-state index in [0.717, 1.165) is 18.4 Å². The number of nitrogens with zero attached hydrogens (tertiary/aromatic N) is 4. The second-order valence-corrected chi connectivity index (χ2v) is 9.43. The fraction of sp³-hybridized carbons (Fsp3) is 0.478. The van der Waals surface area contributed by atoms with Crippen molar-refractivity contribution in [2.75, 3.05) is 25.0 Å². The van der Waals surface area contributed by atoms with Gasteiger partial charge in [0.25, 0.3) is 0 Å². The first kappa shape index (κ1) is 21.7. The van der Waals surface area contributed by atoms with E-state index in [-0.39, 0.29) is 29.8 Å². The highest BCUT2D eigenvalue weighted by Crippen LogP contribution is 2.40. The van der Waals surface area contributed by atoms with Crippen LogP contribution in [0.5, 0.6) is 5.88 Å². The molecule has 2 aromatic rings. The Balaban J connectivity index is 1.28. The molecule has 1 aromatic heterocycles. The number of halogens is 1. The standard InChI is InChI=1S/C23H24ClN5O4/c1-13-20(28-17-4-3-14(8-25)7-16(17)24)26-12-27-21(13)32-19-15-9-29(10-18(19)31-11-15)22(30)33-23(2)5-6-23/h3-4,7,12,15,18-19H,5-6,9-11H2,1-2H3,(H,26,27,28). The Labute approximate surface area is 196 Å². The van der Waals surface area contributed by atoms with Crippen molar-refractivity contribution in [3.63, 3.8) is 0 Å². The molecule has 2 bridgehead atoms. The number of carbonyl (C=O) groups is 1. The Morgan fingerprint density at radius 3 is 2.88 bits per heavy atom. The number of nitrogens with one attached hydrogen (secondary N) is 1. The normalized spacial score (nSPS) is 24.7. The number of carbonyl (C=O) groups excluding carboxylic acids is 1. The smallest absolute Gasteiger partial charge is 0.410 e. The quantitative estimate of drug-likeness (QED) is 0.703. The number of benzene rings is 1. The van der Waals surface area contributed by atoms with Crippen molar-refractivity contribution in [1.29, 1.82) is 5.26 Å². The summed E-state index contributed by atoms with van der Waals surface area (Å²) < 4.78 is 17.8. The zero-order valence-corrected chi connectivity index (χ0v) is 19.1. The van der Waals surface area contributed by atoms with Crippen LogP contribution in [0.3, 0.4) is 0 Å². The van der Waals surface area contributed by atoms with Gasteiger partial charge in [0.15, 0.2) is 0 Å². The average Bonchev–Trinajstić information content (AvgIpc) is 3.48. The minimum absolute atomic E-state index is 0.0297. The summed E-state index contributed by atoms with van der Waals surface area (Å²) in [6.07, 6.45) is 2.51. The third-order valence-corrected chi connectivity index (χ3v) is 6.71. The summed E-state index contributed by atoms with van der Waals surface area (Å²) in [4.78, 5) is 22.9. The van der Waals surface area contributed by atoms with Crippen molar-refractivity contribution in [2.24, 2.45) is 5.92 Å². The molecular formula is C23H24ClN5O4. The summed E-state index contributed by atoms with van der Waals surface area (Å²) >= 11 is 6.29. The number of hydrogen-bond acceptors (Lipinski definition) is 8. The average molecular weight is 470 g/mol. The lowest BCUT2D eigenvalue weighted by Gasteiger charge is -2.36. The summed E-state index contributed by atoms with van der Waals surface area (Å²) in [7, 11) is 0. The lowest BCUT2D eigenvalue weighted by atomic mass is 9.96. The van der Waals surface area contributed by atoms with Gasteiger partial charge in [-0.05, 0) is 44.9 Å². The third kappa shape index (κ3) is 4.41. The molecule has 1 amide bonds. The fourth-order valence-electron chi connectivity index (χ4n) is 4.12. The Morgan fingerprint density at radius 2 is 2.18 bits per heavy atom. The number of fused-ring (bicyclic) bond motifs is 2. The zero-order valence-electron chi connectivity index (χ0n) is 18.4. The van der Waals surface area contributed by atoms with Crippen LogP contribution in [0, 0.1) is 24.2 Å². The Bertz CT molecular complexity index is 1120. The molecule has 172 valence electrons. The summed E-state index contributed by atoms with van der Waals surface area (Å²) in [5, 5.41) is 12.6. The number of hydrogen-bond donors (Lipinski definition) is 1. The number of anilines is 2. The van der Waals surface area contributed by atoms with Crippen molar-refractivity contribution < 1.29 is 19.0 Å². The van der Waals surface area contributed by atoms with E-state index >= 15 is 0 Å². The highest BCUT2D eigenvalue weighted by molar-refractivity contribution is 6.33. The van der Waals surface area contributed by atoms with E-state index in [0.29, 0.717) is 47.7 Å². The highest BCUT2D eigenvalue weighted by atomic mass is 35.5. The van der Waals surface area contributed by atoms with E-state index in [9.17, 15) is 4.79 Å². The maximum absolute atomic E-state index is 12.5. The molecule has 5 rings (SSSR count). The van der Waals surface area contributed by atoms with Crippen LogP contribution in [0.25, 0.3) is 0 Å². The van der Waals surface area contributed by atoms with Crippen molar-refractivity contribution in [3.05, 3.63) is 40.7 Å². The van der Waals surface area contributed by atoms with E-state index in [4.69, 9.17) is 31.1 Å². The second kappa shape index (κ2) is 8.36. The second-order valence-electron chi connectivity index (χ2n) is 9.02. The lowest BCUT2D eigenvalue weighted by Crippen LogP contribution is -2.53. The molecule has 2 saturated heterocycles. The van der Waals surface area contributed by atoms with Crippen LogP contribution in [-0.4, -0.2) is 58.5 Å². The highest BCUT2D eigenvalue weighted by Gasteiger charge is 2.49. The first-order valence-electron chi connectivity index (χ1n) is 10.9. The molecule has 3 fully saturated rings. The van der Waals surface area contributed by atoms with Gasteiger partial charge in [0.2, 0.25) is 5.88 Å². The molecule has 2 aliphatic heterocycles. The van der Waals surface area contributed by atoms with Crippen molar-refractivity contribution in [1.82, 2.24) is 14.9 Å². The Hall–Kier alpha value is -3.09. The van der Waals surface area contributed by atoms with Gasteiger partial charge in [-0.25, -0.2) is 14.8 Å². The molecule has 0 spiro atoms. The van der Waals surface area contributed by atoms with Gasteiger partial charge in [0.05, 0.1) is 41.1 Å². The molecule has 10 heteroatoms. The van der Waals surface area contributed by atoms with Gasteiger partial charge in [-0.1, -0.05) is 11.6 Å². The molecule has 3 atom stereocenters. The molecule has 1 aliphatic carbocycles. The topological polar surface area (TPSA) is 110 Å². The minimum atomic E-state index is -0.302. The van der Waals surface area contributed by atoms with Gasteiger partial charge in [0, 0.05) is 12.5 Å². The minimum Gasteiger partial charge on any atom is -0.471 e. The molecule has 1 N–H and O–H groups in total. The first-order valence-corrected chi connectivity index (χ1v) is 11.3. The summed E-state index contributed by atoms with van der Waals surface area (Å²) in [5.74, 6) is 1.03. The third-order valence-electron chi connectivity index (χ3n) is 6.39. The molecule has 9 nitrogen and oxygen atoms in total. The molecule has 0 radical (unpaired) electrons. The van der Waals surface area contributed by atoms with Crippen molar-refractivity contribution in [2.45, 2.75) is 44.5 Å². The van der Waals surface area contributed by atoms with E-state index in [1.165, 1.54) is 6.33 Å². The van der Waals surface area contributed by atoms with Crippen molar-refractivity contribution in [3.8, 4) is 11.9 Å². The lowest BCUT2D eigenvalue weighted by molar-refractivity contribution is -0.00824. The van der Waals surface area contributed by atoms with E-state index < -0.39 is 0 Å². The predicted molar refractivity (Wildman–Crippen MR) is 120 cm³/mol. The molecule has 1 saturated carbocycles. The van der Waals surface area contributed by atoms with Crippen LogP contribution >= 0.6 is 11.6 Å². The number of nitriles is 1. The van der Waals surface area contributed by atoms with Gasteiger partial charge < -0.3 is 24.4 Å². The van der Waals surface area contributed by atoms with E-state index in [1.54, 1.807) is 23.1 Å². The molecular weight excluding hydrogens is 446 g/mol. The van der Waals surface area contributed by atoms with Gasteiger partial charge in [-0.15, -0.1) is 0 Å². The Morgan fingerprint density at radius 1 is 1.36 bits per heavy atom. The predicted octanol–water partition coefficient (Wildman–Crippen LogP) is 3.82. The van der Waals surface area contributed by atoms with Gasteiger partial charge in [0.1, 0.15) is 30.0 Å². The number of ether oxygens (including phenoxy) is 3. The molecule has 3 heterocycles. The van der Waals surface area contributed by atoms with Crippen LogP contribution in [0.4, 0.5) is 16.3 Å². The van der Waals surface area contributed by atoms with Crippen LogP contribution in [0.1, 0.15) is 30.9 Å². The molecule has 33 heavy (non-hydrogen) atoms. The molecule has 3 aliphatic rings. The van der Waals surface area contributed by atoms with Gasteiger partial charge in [-0.3, -0.25) is 0 Å². The zero-order chi connectivity index (χ0) is 23.2. The number of amides is 1. The molecule has 1 aromatic carbocycles. The number of rotatable bonds is 5. The monoisotopic (exact) mass is 469 g/mol. The van der Waals surface area contributed by atoms with Crippen LogP contribution < -0.4 is 10.1 Å². The fourth-order valence-corrected chi connectivity index (χ4v) is 4.35. The first-order chi connectivity index (χ1) is 15.8. The van der Waals surface area contributed by atoms with E-state index in [2.05, 4.69) is 21.4 Å². The van der Waals surface area contributed by atoms with Crippen molar-refractivity contribution >= 4 is 29.2 Å². The number of piperidine rings is 1. The summed E-state index contributed by atoms with van der Waals surface area (Å²) in [6.45, 7) is 5.28.